The van der Waals surface area contributed by atoms with E-state index >= 15 is 0 Å². The Morgan fingerprint density at radius 2 is 1.90 bits per heavy atom. The molecule has 21 heavy (non-hydrogen) atoms. The Hall–Kier alpha value is -2.24. The van der Waals surface area contributed by atoms with Crippen molar-refractivity contribution in [1.82, 2.24) is 9.97 Å². The molecule has 0 bridgehead atoms. The van der Waals surface area contributed by atoms with Crippen molar-refractivity contribution in [1.29, 1.82) is 0 Å². The maximum Gasteiger partial charge on any atom is 0.168 e. The summed E-state index contributed by atoms with van der Waals surface area (Å²) in [7, 11) is 1.74. The molecule has 0 aliphatic heterocycles. The highest BCUT2D eigenvalue weighted by molar-refractivity contribution is 5.49. The van der Waals surface area contributed by atoms with E-state index in [0.29, 0.717) is 13.1 Å². The summed E-state index contributed by atoms with van der Waals surface area (Å²) in [6.45, 7) is 2.93. The van der Waals surface area contributed by atoms with Gasteiger partial charge in [-0.05, 0) is 31.0 Å². The first-order chi connectivity index (χ1) is 10.1. The standard InChI is InChI=1S/C15H18F2N4/c1-3-19-14-12(16)10-13(17)15(20-14)21(2)9-6-11-4-7-18-8-5-11/h4-5,7-8,10H,3,6,9H2,1-2H3,(H,19,20). The van der Waals surface area contributed by atoms with Gasteiger partial charge in [0.05, 0.1) is 0 Å². The van der Waals surface area contributed by atoms with Crippen LogP contribution in [-0.4, -0.2) is 30.1 Å². The average Bonchev–Trinajstić information content (AvgIpc) is 2.49. The Balaban J connectivity index is 2.11. The molecule has 0 fully saturated rings. The predicted octanol–water partition coefficient (Wildman–Crippen LogP) is 2.87. The fraction of sp³-hybridized carbons (Fsp3) is 0.333. The fourth-order valence-electron chi connectivity index (χ4n) is 1.97. The van der Waals surface area contributed by atoms with E-state index in [9.17, 15) is 8.78 Å². The first-order valence-electron chi connectivity index (χ1n) is 6.81. The van der Waals surface area contributed by atoms with Gasteiger partial charge in [0, 0.05) is 38.6 Å². The zero-order valence-corrected chi connectivity index (χ0v) is 12.1. The summed E-state index contributed by atoms with van der Waals surface area (Å²) in [5.74, 6) is -1.13. The molecular weight excluding hydrogens is 274 g/mol. The number of pyridine rings is 2. The predicted molar refractivity (Wildman–Crippen MR) is 79.5 cm³/mol. The topological polar surface area (TPSA) is 41.1 Å². The summed E-state index contributed by atoms with van der Waals surface area (Å²) in [5.41, 5.74) is 1.10. The van der Waals surface area contributed by atoms with E-state index in [1.165, 1.54) is 0 Å². The molecule has 0 atom stereocenters. The largest absolute Gasteiger partial charge is 0.368 e. The van der Waals surface area contributed by atoms with Gasteiger partial charge in [-0.3, -0.25) is 4.98 Å². The Labute approximate surface area is 122 Å². The Morgan fingerprint density at radius 3 is 2.57 bits per heavy atom. The van der Waals surface area contributed by atoms with E-state index in [1.807, 2.05) is 19.1 Å². The lowest BCUT2D eigenvalue weighted by atomic mass is 10.2. The summed E-state index contributed by atoms with van der Waals surface area (Å²) in [4.78, 5) is 9.65. The lowest BCUT2D eigenvalue weighted by molar-refractivity contribution is 0.572. The van der Waals surface area contributed by atoms with E-state index in [-0.39, 0.29) is 11.6 Å². The van der Waals surface area contributed by atoms with Crippen LogP contribution in [0.2, 0.25) is 0 Å². The molecule has 6 heteroatoms. The summed E-state index contributed by atoms with van der Waals surface area (Å²) in [6, 6.07) is 4.68. The van der Waals surface area contributed by atoms with Gasteiger partial charge in [0.2, 0.25) is 0 Å². The molecule has 0 spiro atoms. The zero-order valence-electron chi connectivity index (χ0n) is 12.1. The van der Waals surface area contributed by atoms with Crippen molar-refractivity contribution in [3.8, 4) is 0 Å². The molecule has 0 saturated heterocycles. The van der Waals surface area contributed by atoms with Crippen LogP contribution in [0.4, 0.5) is 20.4 Å². The highest BCUT2D eigenvalue weighted by Gasteiger charge is 2.14. The SMILES string of the molecule is CCNc1nc(N(C)CCc2ccncc2)c(F)cc1F. The molecule has 0 amide bonds. The van der Waals surface area contributed by atoms with Gasteiger partial charge >= 0.3 is 0 Å². The van der Waals surface area contributed by atoms with Crippen LogP contribution in [0, 0.1) is 11.6 Å². The van der Waals surface area contributed by atoms with E-state index in [1.54, 1.807) is 24.3 Å². The van der Waals surface area contributed by atoms with Crippen molar-refractivity contribution in [2.75, 3.05) is 30.4 Å². The van der Waals surface area contributed by atoms with Crippen molar-refractivity contribution in [2.45, 2.75) is 13.3 Å². The van der Waals surface area contributed by atoms with Crippen molar-refractivity contribution >= 4 is 11.6 Å². The summed E-state index contributed by atoms with van der Waals surface area (Å²) in [6.07, 6.45) is 4.17. The van der Waals surface area contributed by atoms with Crippen LogP contribution in [0.15, 0.2) is 30.6 Å². The second-order valence-electron chi connectivity index (χ2n) is 4.68. The number of anilines is 2. The molecule has 2 heterocycles. The number of aromatic nitrogens is 2. The van der Waals surface area contributed by atoms with E-state index in [2.05, 4.69) is 15.3 Å². The van der Waals surface area contributed by atoms with E-state index in [4.69, 9.17) is 0 Å². The van der Waals surface area contributed by atoms with E-state index < -0.39 is 11.6 Å². The molecule has 0 radical (unpaired) electrons. The third-order valence-corrected chi connectivity index (χ3v) is 3.10. The molecule has 2 aromatic rings. The van der Waals surface area contributed by atoms with Gasteiger partial charge in [0.1, 0.15) is 0 Å². The molecule has 1 N–H and O–H groups in total. The quantitative estimate of drug-likeness (QED) is 0.889. The van der Waals surface area contributed by atoms with Gasteiger partial charge in [-0.25, -0.2) is 13.8 Å². The van der Waals surface area contributed by atoms with Crippen LogP contribution < -0.4 is 10.2 Å². The Kier molecular flexibility index (Phi) is 5.03. The highest BCUT2D eigenvalue weighted by Crippen LogP contribution is 2.21. The van der Waals surface area contributed by atoms with Crippen LogP contribution >= 0.6 is 0 Å². The first kappa shape index (κ1) is 15.2. The maximum atomic E-state index is 13.9. The fourth-order valence-corrected chi connectivity index (χ4v) is 1.97. The average molecular weight is 292 g/mol. The molecule has 0 unspecified atom stereocenters. The molecule has 2 aromatic heterocycles. The molecule has 4 nitrogen and oxygen atoms in total. The van der Waals surface area contributed by atoms with Crippen LogP contribution in [0.5, 0.6) is 0 Å². The smallest absolute Gasteiger partial charge is 0.168 e. The third kappa shape index (κ3) is 3.87. The number of nitrogens with zero attached hydrogens (tertiary/aromatic N) is 3. The van der Waals surface area contributed by atoms with Crippen LogP contribution in [0.25, 0.3) is 0 Å². The number of hydrogen-bond acceptors (Lipinski definition) is 4. The van der Waals surface area contributed by atoms with Crippen LogP contribution in [0.3, 0.4) is 0 Å². The van der Waals surface area contributed by atoms with Gasteiger partial charge in [-0.15, -0.1) is 0 Å². The minimum Gasteiger partial charge on any atom is -0.368 e. The molecular formula is C15H18F2N4. The van der Waals surface area contributed by atoms with Crippen LogP contribution in [0.1, 0.15) is 12.5 Å². The molecule has 0 saturated carbocycles. The van der Waals surface area contributed by atoms with Crippen molar-refractivity contribution in [3.63, 3.8) is 0 Å². The normalized spacial score (nSPS) is 10.5. The molecule has 2 rings (SSSR count). The van der Waals surface area contributed by atoms with Gasteiger partial charge in [0.15, 0.2) is 23.3 Å². The van der Waals surface area contributed by atoms with E-state index in [0.717, 1.165) is 18.1 Å². The Morgan fingerprint density at radius 1 is 1.19 bits per heavy atom. The summed E-state index contributed by atoms with van der Waals surface area (Å²) >= 11 is 0. The summed E-state index contributed by atoms with van der Waals surface area (Å²) < 4.78 is 27.4. The molecule has 112 valence electrons. The maximum absolute atomic E-state index is 13.9. The number of likely N-dealkylation sites (N-methyl/N-ethyl adjacent to an activating group) is 1. The third-order valence-electron chi connectivity index (χ3n) is 3.10. The lowest BCUT2D eigenvalue weighted by Crippen LogP contribution is -2.23. The van der Waals surface area contributed by atoms with Crippen molar-refractivity contribution < 1.29 is 8.78 Å². The molecule has 0 aromatic carbocycles. The van der Waals surface area contributed by atoms with Crippen LogP contribution in [-0.2, 0) is 6.42 Å². The number of hydrogen-bond donors (Lipinski definition) is 1. The van der Waals surface area contributed by atoms with Gasteiger partial charge in [-0.1, -0.05) is 0 Å². The van der Waals surface area contributed by atoms with Crippen molar-refractivity contribution in [3.05, 3.63) is 47.8 Å². The van der Waals surface area contributed by atoms with Gasteiger partial charge < -0.3 is 10.2 Å². The minimum atomic E-state index is -0.680. The first-order valence-corrected chi connectivity index (χ1v) is 6.81. The summed E-state index contributed by atoms with van der Waals surface area (Å²) in [5, 5.41) is 2.78. The zero-order chi connectivity index (χ0) is 15.2. The second-order valence-corrected chi connectivity index (χ2v) is 4.68. The number of rotatable bonds is 6. The number of halogens is 2. The van der Waals surface area contributed by atoms with Gasteiger partial charge in [-0.2, -0.15) is 0 Å². The minimum absolute atomic E-state index is 0.0738. The van der Waals surface area contributed by atoms with Crippen molar-refractivity contribution in [2.24, 2.45) is 0 Å². The lowest BCUT2D eigenvalue weighted by Gasteiger charge is -2.20. The highest BCUT2D eigenvalue weighted by atomic mass is 19.1. The monoisotopic (exact) mass is 292 g/mol. The molecule has 0 aliphatic carbocycles. The van der Waals surface area contributed by atoms with Gasteiger partial charge in [0.25, 0.3) is 0 Å². The number of nitrogens with one attached hydrogen (secondary N) is 1. The Bertz CT molecular complexity index is 590. The second kappa shape index (κ2) is 6.97. The molecule has 0 aliphatic rings.